The van der Waals surface area contributed by atoms with Crippen molar-refractivity contribution in [3.8, 4) is 5.75 Å². The molecule has 5 nitrogen and oxygen atoms in total. The van der Waals surface area contributed by atoms with Crippen molar-refractivity contribution < 1.29 is 13.9 Å². The number of ether oxygens (including phenoxy) is 1. The lowest BCUT2D eigenvalue weighted by Crippen LogP contribution is -2.32. The fourth-order valence-corrected chi connectivity index (χ4v) is 2.51. The number of nitrogens with one attached hydrogen (secondary N) is 2. The van der Waals surface area contributed by atoms with Crippen molar-refractivity contribution in [2.75, 3.05) is 12.4 Å². The molecule has 1 aromatic heterocycles. The molecular formula is C20H20N2O3. The summed E-state index contributed by atoms with van der Waals surface area (Å²) < 4.78 is 10.5. The lowest BCUT2D eigenvalue weighted by atomic mass is 10.1. The van der Waals surface area contributed by atoms with Gasteiger partial charge in [0.2, 0.25) is 5.91 Å². The van der Waals surface area contributed by atoms with E-state index in [-0.39, 0.29) is 5.91 Å². The van der Waals surface area contributed by atoms with Gasteiger partial charge in [-0.05, 0) is 42.0 Å². The molecule has 1 atom stereocenters. The van der Waals surface area contributed by atoms with Crippen LogP contribution in [-0.4, -0.2) is 13.0 Å². The zero-order chi connectivity index (χ0) is 17.5. The van der Waals surface area contributed by atoms with Crippen LogP contribution in [-0.2, 0) is 11.3 Å². The summed E-state index contributed by atoms with van der Waals surface area (Å²) in [6.45, 7) is 0.461. The highest BCUT2D eigenvalue weighted by Crippen LogP contribution is 2.19. The maximum Gasteiger partial charge on any atom is 0.246 e. The van der Waals surface area contributed by atoms with E-state index in [0.717, 1.165) is 17.1 Å². The standard InChI is InChI=1S/C20H20N2O3/c1-24-17-11-9-16(10-12-17)22-20(23)19(15-6-3-2-4-7-15)21-14-18-8-5-13-25-18/h2-13,19,21H,14H2,1H3,(H,22,23). The molecule has 5 heteroatoms. The Morgan fingerprint density at radius 2 is 1.80 bits per heavy atom. The minimum atomic E-state index is -0.492. The third-order valence-corrected chi connectivity index (χ3v) is 3.81. The number of anilines is 1. The Bertz CT molecular complexity index is 784. The maximum absolute atomic E-state index is 12.8. The number of carbonyl (C=O) groups is 1. The van der Waals surface area contributed by atoms with Gasteiger partial charge in [0.15, 0.2) is 0 Å². The first-order chi connectivity index (χ1) is 12.3. The minimum Gasteiger partial charge on any atom is -0.497 e. The highest BCUT2D eigenvalue weighted by atomic mass is 16.5. The molecule has 2 N–H and O–H groups in total. The van der Waals surface area contributed by atoms with Gasteiger partial charge in [-0.2, -0.15) is 0 Å². The number of rotatable bonds is 7. The summed E-state index contributed by atoms with van der Waals surface area (Å²) >= 11 is 0. The minimum absolute atomic E-state index is 0.136. The Morgan fingerprint density at radius 3 is 2.44 bits per heavy atom. The van der Waals surface area contributed by atoms with Crippen LogP contribution in [0.15, 0.2) is 77.4 Å². The summed E-state index contributed by atoms with van der Waals surface area (Å²) in [5.41, 5.74) is 1.60. The van der Waals surface area contributed by atoms with Gasteiger partial charge in [0.05, 0.1) is 19.9 Å². The van der Waals surface area contributed by atoms with E-state index in [1.807, 2.05) is 66.7 Å². The lowest BCUT2D eigenvalue weighted by molar-refractivity contribution is -0.118. The van der Waals surface area contributed by atoms with Crippen molar-refractivity contribution in [2.24, 2.45) is 0 Å². The van der Waals surface area contributed by atoms with Crippen LogP contribution in [0.1, 0.15) is 17.4 Å². The van der Waals surface area contributed by atoms with Crippen LogP contribution >= 0.6 is 0 Å². The molecule has 3 rings (SSSR count). The van der Waals surface area contributed by atoms with Crippen LogP contribution in [0.2, 0.25) is 0 Å². The van der Waals surface area contributed by atoms with Gasteiger partial charge in [-0.25, -0.2) is 0 Å². The van der Waals surface area contributed by atoms with E-state index in [0.29, 0.717) is 12.2 Å². The molecule has 0 spiro atoms. The van der Waals surface area contributed by atoms with Crippen LogP contribution in [0.4, 0.5) is 5.69 Å². The largest absolute Gasteiger partial charge is 0.497 e. The van der Waals surface area contributed by atoms with Gasteiger partial charge in [-0.3, -0.25) is 10.1 Å². The van der Waals surface area contributed by atoms with Crippen LogP contribution in [0.5, 0.6) is 5.75 Å². The van der Waals surface area contributed by atoms with Crippen LogP contribution in [0.25, 0.3) is 0 Å². The molecule has 2 aromatic carbocycles. The van der Waals surface area contributed by atoms with Crippen molar-refractivity contribution in [3.63, 3.8) is 0 Å². The molecule has 1 amide bonds. The normalized spacial score (nSPS) is 11.7. The highest BCUT2D eigenvalue weighted by Gasteiger charge is 2.20. The highest BCUT2D eigenvalue weighted by molar-refractivity contribution is 5.95. The van der Waals surface area contributed by atoms with E-state index in [2.05, 4.69) is 10.6 Å². The molecule has 0 fully saturated rings. The van der Waals surface area contributed by atoms with Crippen molar-refractivity contribution in [2.45, 2.75) is 12.6 Å². The molecule has 128 valence electrons. The molecule has 0 aliphatic carbocycles. The summed E-state index contributed by atoms with van der Waals surface area (Å²) in [5, 5.41) is 6.18. The molecule has 0 bridgehead atoms. The van der Waals surface area contributed by atoms with E-state index in [9.17, 15) is 4.79 Å². The Morgan fingerprint density at radius 1 is 1.04 bits per heavy atom. The summed E-state index contributed by atoms with van der Waals surface area (Å²) in [6.07, 6.45) is 1.62. The van der Waals surface area contributed by atoms with Crippen LogP contribution in [0, 0.1) is 0 Å². The molecular weight excluding hydrogens is 316 g/mol. The molecule has 1 unspecified atom stereocenters. The summed E-state index contributed by atoms with van der Waals surface area (Å²) in [6, 6.07) is 20.0. The van der Waals surface area contributed by atoms with Crippen molar-refractivity contribution in [1.82, 2.24) is 5.32 Å². The second-order valence-corrected chi connectivity index (χ2v) is 5.52. The number of hydrogen-bond acceptors (Lipinski definition) is 4. The first-order valence-corrected chi connectivity index (χ1v) is 8.02. The second-order valence-electron chi connectivity index (χ2n) is 5.52. The zero-order valence-electron chi connectivity index (χ0n) is 13.9. The number of methoxy groups -OCH3 is 1. The quantitative estimate of drug-likeness (QED) is 0.689. The molecule has 0 aliphatic heterocycles. The zero-order valence-corrected chi connectivity index (χ0v) is 13.9. The fourth-order valence-electron chi connectivity index (χ4n) is 2.51. The average molecular weight is 336 g/mol. The number of amides is 1. The lowest BCUT2D eigenvalue weighted by Gasteiger charge is -2.18. The smallest absolute Gasteiger partial charge is 0.246 e. The molecule has 25 heavy (non-hydrogen) atoms. The van der Waals surface area contributed by atoms with Gasteiger partial charge in [-0.15, -0.1) is 0 Å². The van der Waals surface area contributed by atoms with Crippen LogP contribution < -0.4 is 15.4 Å². The Labute approximate surface area is 146 Å². The van der Waals surface area contributed by atoms with Crippen molar-refractivity contribution in [3.05, 3.63) is 84.3 Å². The van der Waals surface area contributed by atoms with E-state index < -0.39 is 6.04 Å². The van der Waals surface area contributed by atoms with Gasteiger partial charge in [-0.1, -0.05) is 30.3 Å². The fraction of sp³-hybridized carbons (Fsp3) is 0.150. The molecule has 0 saturated carbocycles. The number of carbonyl (C=O) groups excluding carboxylic acids is 1. The van der Waals surface area contributed by atoms with Gasteiger partial charge >= 0.3 is 0 Å². The number of hydrogen-bond donors (Lipinski definition) is 2. The van der Waals surface area contributed by atoms with Gasteiger partial charge < -0.3 is 14.5 Å². The Hall–Kier alpha value is -3.05. The Balaban J connectivity index is 1.73. The summed E-state index contributed by atoms with van der Waals surface area (Å²) in [4.78, 5) is 12.8. The molecule has 0 aliphatic rings. The monoisotopic (exact) mass is 336 g/mol. The second kappa shape index (κ2) is 8.17. The van der Waals surface area contributed by atoms with Gasteiger partial charge in [0, 0.05) is 5.69 Å². The first-order valence-electron chi connectivity index (χ1n) is 8.02. The number of furan rings is 1. The van der Waals surface area contributed by atoms with Gasteiger partial charge in [0.1, 0.15) is 17.6 Å². The van der Waals surface area contributed by atoms with Crippen LogP contribution in [0.3, 0.4) is 0 Å². The van der Waals surface area contributed by atoms with E-state index in [4.69, 9.17) is 9.15 Å². The molecule has 1 heterocycles. The third kappa shape index (κ3) is 4.49. The molecule has 0 saturated heterocycles. The predicted octanol–water partition coefficient (Wildman–Crippen LogP) is 3.76. The van der Waals surface area contributed by atoms with E-state index >= 15 is 0 Å². The van der Waals surface area contributed by atoms with E-state index in [1.54, 1.807) is 13.4 Å². The van der Waals surface area contributed by atoms with Crippen molar-refractivity contribution in [1.29, 1.82) is 0 Å². The van der Waals surface area contributed by atoms with E-state index in [1.165, 1.54) is 0 Å². The molecule has 0 radical (unpaired) electrons. The topological polar surface area (TPSA) is 63.5 Å². The first kappa shape index (κ1) is 16.8. The SMILES string of the molecule is COc1ccc(NC(=O)C(NCc2ccco2)c2ccccc2)cc1. The van der Waals surface area contributed by atoms with Gasteiger partial charge in [0.25, 0.3) is 0 Å². The maximum atomic E-state index is 12.8. The summed E-state index contributed by atoms with van der Waals surface area (Å²) in [7, 11) is 1.61. The van der Waals surface area contributed by atoms with Crippen molar-refractivity contribution >= 4 is 11.6 Å². The molecule has 3 aromatic rings. The predicted molar refractivity (Wildman–Crippen MR) is 96.4 cm³/mol. The number of benzene rings is 2. The Kier molecular flexibility index (Phi) is 5.49. The summed E-state index contributed by atoms with van der Waals surface area (Å²) in [5.74, 6) is 1.38. The third-order valence-electron chi connectivity index (χ3n) is 3.81. The average Bonchev–Trinajstić information content (AvgIpc) is 3.17.